The van der Waals surface area contributed by atoms with Crippen molar-refractivity contribution in [3.05, 3.63) is 46.2 Å². The van der Waals surface area contributed by atoms with E-state index in [1.165, 1.54) is 0 Å². The molecule has 78 valence electrons. The van der Waals surface area contributed by atoms with Gasteiger partial charge in [-0.25, -0.2) is 0 Å². The fraction of sp³-hybridized carbons (Fsp3) is 0.0909. The summed E-state index contributed by atoms with van der Waals surface area (Å²) in [5.74, 6) is 0. The van der Waals surface area contributed by atoms with Gasteiger partial charge in [0.25, 0.3) is 0 Å². The third-order valence-corrected chi connectivity index (χ3v) is 2.95. The van der Waals surface area contributed by atoms with Crippen LogP contribution in [0.25, 0.3) is 0 Å². The Kier molecular flexibility index (Phi) is 2.63. The highest BCUT2D eigenvalue weighted by atomic mass is 35.5. The van der Waals surface area contributed by atoms with Gasteiger partial charge in [0.2, 0.25) is 0 Å². The summed E-state index contributed by atoms with van der Waals surface area (Å²) in [4.78, 5) is 0. The Labute approximate surface area is 98.6 Å². The molecule has 0 amide bonds. The zero-order valence-electron chi connectivity index (χ0n) is 8.20. The molecule has 1 aromatic carbocycles. The number of benzene rings is 1. The SMILES string of the molecule is C=C1Nc2cc(Cl)c(Cl)cc2N/C1=C/C. The van der Waals surface area contributed by atoms with Gasteiger partial charge in [0.05, 0.1) is 32.8 Å². The molecule has 1 aromatic rings. The van der Waals surface area contributed by atoms with Crippen LogP contribution in [0.15, 0.2) is 36.2 Å². The average molecular weight is 241 g/mol. The number of fused-ring (bicyclic) bond motifs is 1. The molecule has 2 rings (SSSR count). The van der Waals surface area contributed by atoms with Gasteiger partial charge in [-0.15, -0.1) is 0 Å². The van der Waals surface area contributed by atoms with Gasteiger partial charge in [-0.3, -0.25) is 0 Å². The van der Waals surface area contributed by atoms with Crippen molar-refractivity contribution >= 4 is 34.6 Å². The average Bonchev–Trinajstić information content (AvgIpc) is 2.20. The van der Waals surface area contributed by atoms with Gasteiger partial charge in [0.1, 0.15) is 0 Å². The Morgan fingerprint density at radius 1 is 1.13 bits per heavy atom. The minimum Gasteiger partial charge on any atom is -0.353 e. The van der Waals surface area contributed by atoms with Crippen molar-refractivity contribution in [2.75, 3.05) is 10.6 Å². The number of hydrogen-bond donors (Lipinski definition) is 2. The number of allylic oxidation sites excluding steroid dienone is 1. The minimum absolute atomic E-state index is 0.529. The Morgan fingerprint density at radius 2 is 1.67 bits per heavy atom. The summed E-state index contributed by atoms with van der Waals surface area (Å²) < 4.78 is 0. The van der Waals surface area contributed by atoms with Crippen molar-refractivity contribution in [3.8, 4) is 0 Å². The number of rotatable bonds is 0. The van der Waals surface area contributed by atoms with Gasteiger partial charge >= 0.3 is 0 Å². The molecule has 0 bridgehead atoms. The maximum Gasteiger partial charge on any atom is 0.0640 e. The second-order valence-corrected chi connectivity index (χ2v) is 4.06. The number of hydrogen-bond acceptors (Lipinski definition) is 2. The molecule has 0 unspecified atom stereocenters. The molecular weight excluding hydrogens is 231 g/mol. The zero-order valence-corrected chi connectivity index (χ0v) is 9.71. The highest BCUT2D eigenvalue weighted by Gasteiger charge is 2.15. The fourth-order valence-corrected chi connectivity index (χ4v) is 1.78. The fourth-order valence-electron chi connectivity index (χ4n) is 1.45. The molecule has 1 aliphatic rings. The molecule has 4 heteroatoms. The standard InChI is InChI=1S/C11H10Cl2N2/c1-3-9-6(2)14-10-4-7(12)8(13)5-11(10)15-9/h3-5,14-15H,2H2,1H3/b9-3+. The topological polar surface area (TPSA) is 24.1 Å². The second-order valence-electron chi connectivity index (χ2n) is 3.24. The van der Waals surface area contributed by atoms with Crippen molar-refractivity contribution < 1.29 is 0 Å². The molecule has 0 saturated heterocycles. The quantitative estimate of drug-likeness (QED) is 0.709. The number of halogens is 2. The summed E-state index contributed by atoms with van der Waals surface area (Å²) >= 11 is 11.9. The summed E-state index contributed by atoms with van der Waals surface area (Å²) in [6.07, 6.45) is 1.95. The molecule has 2 N–H and O–H groups in total. The molecule has 2 nitrogen and oxygen atoms in total. The maximum atomic E-state index is 5.93. The maximum absolute atomic E-state index is 5.93. The van der Waals surface area contributed by atoms with Crippen molar-refractivity contribution in [1.29, 1.82) is 0 Å². The summed E-state index contributed by atoms with van der Waals surface area (Å²) in [5, 5.41) is 7.45. The largest absolute Gasteiger partial charge is 0.353 e. The monoisotopic (exact) mass is 240 g/mol. The van der Waals surface area contributed by atoms with E-state index in [2.05, 4.69) is 17.2 Å². The first-order valence-electron chi connectivity index (χ1n) is 4.50. The molecule has 0 aromatic heterocycles. The van der Waals surface area contributed by atoms with Gasteiger partial charge in [-0.05, 0) is 19.1 Å². The lowest BCUT2D eigenvalue weighted by Crippen LogP contribution is -2.15. The van der Waals surface area contributed by atoms with E-state index in [1.807, 2.05) is 13.0 Å². The second kappa shape index (κ2) is 3.80. The molecule has 1 aliphatic heterocycles. The summed E-state index contributed by atoms with van der Waals surface area (Å²) in [7, 11) is 0. The van der Waals surface area contributed by atoms with E-state index in [9.17, 15) is 0 Å². The molecule has 1 heterocycles. The summed E-state index contributed by atoms with van der Waals surface area (Å²) in [6, 6.07) is 3.58. The van der Waals surface area contributed by atoms with E-state index in [4.69, 9.17) is 23.2 Å². The molecule has 15 heavy (non-hydrogen) atoms. The number of anilines is 2. The first-order valence-corrected chi connectivity index (χ1v) is 5.26. The smallest absolute Gasteiger partial charge is 0.0640 e. The molecule has 0 saturated carbocycles. The highest BCUT2D eigenvalue weighted by Crippen LogP contribution is 2.37. The third kappa shape index (κ3) is 1.83. The summed E-state index contributed by atoms with van der Waals surface area (Å²) in [5.41, 5.74) is 3.56. The van der Waals surface area contributed by atoms with E-state index in [0.717, 1.165) is 22.8 Å². The first-order chi connectivity index (χ1) is 7.11. The molecule has 0 fully saturated rings. The van der Waals surface area contributed by atoms with Crippen LogP contribution in [0.3, 0.4) is 0 Å². The van der Waals surface area contributed by atoms with Gasteiger partial charge < -0.3 is 10.6 Å². The Hall–Kier alpha value is -1.12. The summed E-state index contributed by atoms with van der Waals surface area (Å²) in [6.45, 7) is 5.84. The van der Waals surface area contributed by atoms with Crippen molar-refractivity contribution in [2.24, 2.45) is 0 Å². The van der Waals surface area contributed by atoms with E-state index < -0.39 is 0 Å². The Balaban J connectivity index is 2.50. The molecule has 0 spiro atoms. The molecule has 0 aliphatic carbocycles. The minimum atomic E-state index is 0.529. The predicted molar refractivity (Wildman–Crippen MR) is 66.6 cm³/mol. The van der Waals surface area contributed by atoms with Crippen LogP contribution in [-0.2, 0) is 0 Å². The predicted octanol–water partition coefficient (Wildman–Crippen LogP) is 4.25. The van der Waals surface area contributed by atoms with Crippen LogP contribution in [0.1, 0.15) is 6.92 Å². The van der Waals surface area contributed by atoms with Crippen LogP contribution in [-0.4, -0.2) is 0 Å². The lowest BCUT2D eigenvalue weighted by atomic mass is 10.1. The van der Waals surface area contributed by atoms with Crippen LogP contribution >= 0.6 is 23.2 Å². The van der Waals surface area contributed by atoms with E-state index in [1.54, 1.807) is 12.1 Å². The van der Waals surface area contributed by atoms with Crippen LogP contribution in [0.2, 0.25) is 10.0 Å². The van der Waals surface area contributed by atoms with Crippen molar-refractivity contribution in [2.45, 2.75) is 6.92 Å². The van der Waals surface area contributed by atoms with Crippen molar-refractivity contribution in [1.82, 2.24) is 0 Å². The van der Waals surface area contributed by atoms with E-state index in [-0.39, 0.29) is 0 Å². The van der Waals surface area contributed by atoms with Gasteiger partial charge in [0, 0.05) is 0 Å². The number of nitrogens with one attached hydrogen (secondary N) is 2. The van der Waals surface area contributed by atoms with E-state index >= 15 is 0 Å². The lowest BCUT2D eigenvalue weighted by Gasteiger charge is -2.24. The van der Waals surface area contributed by atoms with Crippen LogP contribution in [0, 0.1) is 0 Å². The van der Waals surface area contributed by atoms with Gasteiger partial charge in [-0.2, -0.15) is 0 Å². The van der Waals surface area contributed by atoms with E-state index in [0.29, 0.717) is 10.0 Å². The highest BCUT2D eigenvalue weighted by molar-refractivity contribution is 6.42. The Bertz CT molecular complexity index is 464. The zero-order chi connectivity index (χ0) is 11.0. The van der Waals surface area contributed by atoms with Gasteiger partial charge in [0.15, 0.2) is 0 Å². The molecule has 0 atom stereocenters. The molecule has 0 radical (unpaired) electrons. The van der Waals surface area contributed by atoms with Crippen molar-refractivity contribution in [3.63, 3.8) is 0 Å². The van der Waals surface area contributed by atoms with Crippen LogP contribution < -0.4 is 10.6 Å². The lowest BCUT2D eigenvalue weighted by molar-refractivity contribution is 1.28. The first kappa shape index (κ1) is 10.4. The van der Waals surface area contributed by atoms with Crippen LogP contribution in [0.5, 0.6) is 0 Å². The Morgan fingerprint density at radius 3 is 2.20 bits per heavy atom. The van der Waals surface area contributed by atoms with Crippen LogP contribution in [0.4, 0.5) is 11.4 Å². The normalized spacial score (nSPS) is 17.0. The molecular formula is C11H10Cl2N2. The van der Waals surface area contributed by atoms with Gasteiger partial charge in [-0.1, -0.05) is 35.9 Å². The third-order valence-electron chi connectivity index (χ3n) is 2.23.